The molecule has 0 bridgehead atoms. The quantitative estimate of drug-likeness (QED) is 0.165. The molecule has 0 N–H and O–H groups in total. The topological polar surface area (TPSA) is 105 Å². The van der Waals surface area contributed by atoms with Crippen LogP contribution < -0.4 is 4.74 Å². The Bertz CT molecular complexity index is 628. The maximum absolute atomic E-state index is 12.0. The van der Waals surface area contributed by atoms with E-state index in [0.717, 1.165) is 25.7 Å². The highest BCUT2D eigenvalue weighted by Crippen LogP contribution is 2.19. The van der Waals surface area contributed by atoms with E-state index in [-0.39, 0.29) is 17.9 Å². The molecule has 0 aliphatic heterocycles. The number of non-ortho nitro benzene ring substituents is 1. The fourth-order valence-electron chi connectivity index (χ4n) is 2.48. The van der Waals surface area contributed by atoms with Gasteiger partial charge in [0.25, 0.3) is 5.69 Å². The highest BCUT2D eigenvalue weighted by atomic mass is 16.7. The van der Waals surface area contributed by atoms with Crippen molar-refractivity contribution in [2.45, 2.75) is 64.1 Å². The summed E-state index contributed by atoms with van der Waals surface area (Å²) in [5.74, 6) is -0.322. The van der Waals surface area contributed by atoms with Crippen LogP contribution in [0.2, 0.25) is 0 Å². The molecule has 0 saturated heterocycles. The maximum atomic E-state index is 12.0. The van der Waals surface area contributed by atoms with Crippen molar-refractivity contribution >= 4 is 17.8 Å². The second-order valence-corrected chi connectivity index (χ2v) is 6.34. The minimum Gasteiger partial charge on any atom is -0.462 e. The average Bonchev–Trinajstić information content (AvgIpc) is 2.62. The van der Waals surface area contributed by atoms with Crippen LogP contribution in [0.3, 0.4) is 0 Å². The number of esters is 1. The minimum absolute atomic E-state index is 0.0742. The zero-order chi connectivity index (χ0) is 20.9. The molecule has 28 heavy (non-hydrogen) atoms. The minimum atomic E-state index is -0.921. The number of carbonyl (C=O) groups is 2. The Kier molecular flexibility index (Phi) is 10.6. The fraction of sp³-hybridized carbons (Fsp3) is 0.500. The van der Waals surface area contributed by atoms with Gasteiger partial charge in [0, 0.05) is 18.6 Å². The molecule has 8 nitrogen and oxygen atoms in total. The molecule has 1 aromatic carbocycles. The summed E-state index contributed by atoms with van der Waals surface area (Å²) in [7, 11) is 0. The Morgan fingerprint density at radius 2 is 1.75 bits per heavy atom. The normalized spacial score (nSPS) is 11.7. The van der Waals surface area contributed by atoms with Crippen molar-refractivity contribution in [1.29, 1.82) is 0 Å². The summed E-state index contributed by atoms with van der Waals surface area (Å²) in [5.41, 5.74) is -0.109. The van der Waals surface area contributed by atoms with E-state index in [1.807, 2.05) is 0 Å². The van der Waals surface area contributed by atoms with Gasteiger partial charge >= 0.3 is 12.1 Å². The third-order valence-corrected chi connectivity index (χ3v) is 3.86. The number of carbonyl (C=O) groups excluding carboxylic acids is 2. The summed E-state index contributed by atoms with van der Waals surface area (Å²) < 4.78 is 15.3. The summed E-state index contributed by atoms with van der Waals surface area (Å²) in [5, 5.41) is 10.6. The van der Waals surface area contributed by atoms with Crippen LogP contribution in [0.4, 0.5) is 10.5 Å². The molecule has 1 aromatic rings. The van der Waals surface area contributed by atoms with Gasteiger partial charge in [-0.2, -0.15) is 0 Å². The average molecular weight is 393 g/mol. The Morgan fingerprint density at radius 1 is 1.07 bits per heavy atom. The number of nitrogens with zero attached hydrogens (tertiary/aromatic N) is 1. The van der Waals surface area contributed by atoms with Crippen LogP contribution in [0.15, 0.2) is 24.3 Å². The Morgan fingerprint density at radius 3 is 2.32 bits per heavy atom. The van der Waals surface area contributed by atoms with Crippen molar-refractivity contribution in [2.24, 2.45) is 0 Å². The van der Waals surface area contributed by atoms with E-state index in [4.69, 9.17) is 14.2 Å². The van der Waals surface area contributed by atoms with Crippen molar-refractivity contribution in [3.8, 4) is 5.75 Å². The third-order valence-electron chi connectivity index (χ3n) is 3.86. The number of nitro groups is 1. The van der Waals surface area contributed by atoms with E-state index < -0.39 is 29.3 Å². The van der Waals surface area contributed by atoms with Gasteiger partial charge in [-0.3, -0.25) is 14.9 Å². The lowest BCUT2D eigenvalue weighted by Crippen LogP contribution is -2.23. The molecule has 1 unspecified atom stereocenters. The Hall–Kier alpha value is -2.64. The molecule has 0 saturated carbocycles. The van der Waals surface area contributed by atoms with E-state index >= 15 is 0 Å². The molecule has 0 aliphatic rings. The lowest BCUT2D eigenvalue weighted by atomic mass is 10.1. The predicted molar refractivity (Wildman–Crippen MR) is 103 cm³/mol. The van der Waals surface area contributed by atoms with Crippen LogP contribution in [-0.4, -0.2) is 29.3 Å². The fourth-order valence-corrected chi connectivity index (χ4v) is 2.48. The highest BCUT2D eigenvalue weighted by Gasteiger charge is 2.19. The standard InChI is InChI=1S/C20H27NO7/c1-4-5-6-7-8-17(13-14-19(22)26-15(2)3)27-20(23)28-18-11-9-16(10-12-18)21(24)25/h9-12,15,17H,2-8,13-14H2,1H3. The number of ether oxygens (including phenoxy) is 3. The molecule has 2 radical (unpaired) electrons. The SMILES string of the molecule is [CH2]C([CH2])OC(=O)CCC(CCCCCC)OC(=O)Oc1ccc([N+](=O)[O-])cc1. The number of benzene rings is 1. The van der Waals surface area contributed by atoms with Gasteiger partial charge in [-0.15, -0.1) is 0 Å². The first-order valence-corrected chi connectivity index (χ1v) is 9.30. The van der Waals surface area contributed by atoms with E-state index in [1.165, 1.54) is 24.3 Å². The third kappa shape index (κ3) is 9.89. The predicted octanol–water partition coefficient (Wildman–Crippen LogP) is 4.81. The maximum Gasteiger partial charge on any atom is 0.514 e. The Labute approximate surface area is 165 Å². The van der Waals surface area contributed by atoms with Gasteiger partial charge in [0.1, 0.15) is 18.0 Å². The Balaban J connectivity index is 2.57. The van der Waals surface area contributed by atoms with Crippen molar-refractivity contribution in [3.05, 3.63) is 48.2 Å². The lowest BCUT2D eigenvalue weighted by Gasteiger charge is -2.17. The first-order valence-electron chi connectivity index (χ1n) is 9.30. The smallest absolute Gasteiger partial charge is 0.462 e. The molecule has 0 heterocycles. The van der Waals surface area contributed by atoms with Gasteiger partial charge in [-0.1, -0.05) is 26.2 Å². The summed E-state index contributed by atoms with van der Waals surface area (Å²) >= 11 is 0. The molecule has 154 valence electrons. The zero-order valence-electron chi connectivity index (χ0n) is 16.1. The van der Waals surface area contributed by atoms with Crippen molar-refractivity contribution in [2.75, 3.05) is 0 Å². The van der Waals surface area contributed by atoms with E-state index in [0.29, 0.717) is 12.8 Å². The number of nitro benzene ring substituents is 1. The second kappa shape index (κ2) is 12.7. The molecular weight excluding hydrogens is 366 g/mol. The summed E-state index contributed by atoms with van der Waals surface area (Å²) in [6, 6.07) is 5.09. The lowest BCUT2D eigenvalue weighted by molar-refractivity contribution is -0.384. The number of rotatable bonds is 12. The first kappa shape index (κ1) is 23.4. The molecule has 0 aromatic heterocycles. The largest absolute Gasteiger partial charge is 0.514 e. The van der Waals surface area contributed by atoms with E-state index in [9.17, 15) is 19.7 Å². The van der Waals surface area contributed by atoms with Gasteiger partial charge in [0.15, 0.2) is 0 Å². The first-order chi connectivity index (χ1) is 13.3. The van der Waals surface area contributed by atoms with Gasteiger partial charge in [0.05, 0.1) is 4.92 Å². The van der Waals surface area contributed by atoms with Crippen molar-refractivity contribution in [3.63, 3.8) is 0 Å². The molecule has 0 spiro atoms. The van der Waals surface area contributed by atoms with Gasteiger partial charge < -0.3 is 14.2 Å². The summed E-state index contributed by atoms with van der Waals surface area (Å²) in [6.07, 6.45) is 2.87. The monoisotopic (exact) mass is 393 g/mol. The number of unbranched alkanes of at least 4 members (excludes halogenated alkanes) is 3. The van der Waals surface area contributed by atoms with Crippen LogP contribution in [0.1, 0.15) is 51.9 Å². The number of hydrogen-bond donors (Lipinski definition) is 0. The molecule has 0 aliphatic carbocycles. The molecule has 1 rings (SSSR count). The molecule has 0 amide bonds. The molecule has 8 heteroatoms. The highest BCUT2D eigenvalue weighted by molar-refractivity contribution is 5.70. The van der Waals surface area contributed by atoms with E-state index in [2.05, 4.69) is 20.8 Å². The van der Waals surface area contributed by atoms with E-state index in [1.54, 1.807) is 0 Å². The van der Waals surface area contributed by atoms with Gasteiger partial charge in [-0.05, 0) is 45.2 Å². The van der Waals surface area contributed by atoms with Crippen LogP contribution in [0, 0.1) is 24.0 Å². The summed E-state index contributed by atoms with van der Waals surface area (Å²) in [4.78, 5) is 33.8. The summed E-state index contributed by atoms with van der Waals surface area (Å²) in [6.45, 7) is 9.07. The molecule has 0 fully saturated rings. The van der Waals surface area contributed by atoms with Crippen molar-refractivity contribution < 1.29 is 28.7 Å². The molecule has 1 atom stereocenters. The van der Waals surface area contributed by atoms with Gasteiger partial charge in [-0.25, -0.2) is 4.79 Å². The van der Waals surface area contributed by atoms with Crippen LogP contribution in [0.5, 0.6) is 5.75 Å². The molecular formula is C20H27NO7. The van der Waals surface area contributed by atoms with Crippen LogP contribution in [-0.2, 0) is 14.3 Å². The van der Waals surface area contributed by atoms with Gasteiger partial charge in [0.2, 0.25) is 0 Å². The van der Waals surface area contributed by atoms with Crippen LogP contribution >= 0.6 is 0 Å². The van der Waals surface area contributed by atoms with Crippen LogP contribution in [0.25, 0.3) is 0 Å². The van der Waals surface area contributed by atoms with Crippen molar-refractivity contribution in [1.82, 2.24) is 0 Å². The number of hydrogen-bond acceptors (Lipinski definition) is 7. The second-order valence-electron chi connectivity index (χ2n) is 6.34. The zero-order valence-corrected chi connectivity index (χ0v) is 16.1.